The summed E-state index contributed by atoms with van der Waals surface area (Å²) in [6, 6.07) is 6.39. The van der Waals surface area contributed by atoms with Gasteiger partial charge in [0, 0.05) is 5.92 Å². The maximum atomic E-state index is 12.9. The molecule has 0 atom stereocenters. The van der Waals surface area contributed by atoms with E-state index in [2.05, 4.69) is 10.3 Å². The van der Waals surface area contributed by atoms with Gasteiger partial charge in [-0.3, -0.25) is 0 Å². The first kappa shape index (κ1) is 12.3. The van der Waals surface area contributed by atoms with Crippen LogP contribution in [-0.2, 0) is 13.2 Å². The summed E-state index contributed by atoms with van der Waals surface area (Å²) >= 11 is 0. The Hall–Kier alpha value is -1.75. The highest BCUT2D eigenvalue weighted by atomic mass is 19.1. The van der Waals surface area contributed by atoms with E-state index >= 15 is 0 Å². The van der Waals surface area contributed by atoms with E-state index in [-0.39, 0.29) is 12.4 Å². The van der Waals surface area contributed by atoms with Crippen molar-refractivity contribution in [2.45, 2.75) is 38.3 Å². The molecule has 100 valence electrons. The molecule has 3 rings (SSSR count). The average Bonchev–Trinajstić information content (AvgIpc) is 2.73. The van der Waals surface area contributed by atoms with Gasteiger partial charge >= 0.3 is 0 Å². The van der Waals surface area contributed by atoms with E-state index in [4.69, 9.17) is 0 Å². The molecule has 1 aromatic carbocycles. The van der Waals surface area contributed by atoms with Gasteiger partial charge in [-0.15, -0.1) is 5.10 Å². The molecule has 1 aliphatic rings. The molecule has 0 radical (unpaired) electrons. The maximum absolute atomic E-state index is 12.9. The normalized spacial score (nSPS) is 15.5. The first-order chi connectivity index (χ1) is 9.28. The lowest BCUT2D eigenvalue weighted by molar-refractivity contribution is 0.271. The number of nitrogens with zero attached hydrogens (tertiary/aromatic N) is 3. The van der Waals surface area contributed by atoms with Gasteiger partial charge in [-0.1, -0.05) is 23.8 Å². The lowest BCUT2D eigenvalue weighted by Crippen LogP contribution is -2.17. The summed E-state index contributed by atoms with van der Waals surface area (Å²) in [6.45, 7) is 0.494. The molecule has 0 aliphatic heterocycles. The number of aliphatic hydroxyl groups excluding tert-OH is 1. The van der Waals surface area contributed by atoms with Gasteiger partial charge in [0.2, 0.25) is 0 Å². The minimum atomic E-state index is -0.238. The Morgan fingerprint density at radius 2 is 2.00 bits per heavy atom. The van der Waals surface area contributed by atoms with Gasteiger partial charge in [0.25, 0.3) is 0 Å². The van der Waals surface area contributed by atoms with Gasteiger partial charge in [-0.2, -0.15) is 0 Å². The minimum Gasteiger partial charge on any atom is -0.390 e. The fourth-order valence-corrected chi connectivity index (χ4v) is 2.48. The lowest BCUT2D eigenvalue weighted by atomic mass is 9.82. The fourth-order valence-electron chi connectivity index (χ4n) is 2.48. The predicted molar refractivity (Wildman–Crippen MR) is 68.0 cm³/mol. The van der Waals surface area contributed by atoms with Crippen molar-refractivity contribution >= 4 is 0 Å². The third-order valence-corrected chi connectivity index (χ3v) is 3.73. The summed E-state index contributed by atoms with van der Waals surface area (Å²) in [5.41, 5.74) is 2.70. The van der Waals surface area contributed by atoms with Crippen molar-refractivity contribution < 1.29 is 9.50 Å². The first-order valence-electron chi connectivity index (χ1n) is 6.55. The van der Waals surface area contributed by atoms with E-state index in [1.165, 1.54) is 18.6 Å². The molecule has 0 saturated heterocycles. The Bertz CT molecular complexity index is 561. The van der Waals surface area contributed by atoms with E-state index in [0.717, 1.165) is 24.1 Å². The van der Waals surface area contributed by atoms with E-state index in [1.54, 1.807) is 12.1 Å². The predicted octanol–water partition coefficient (Wildman–Crippen LogP) is 2.23. The summed E-state index contributed by atoms with van der Waals surface area (Å²) in [6.07, 6.45) is 3.48. The zero-order chi connectivity index (χ0) is 13.2. The second-order valence-electron chi connectivity index (χ2n) is 4.99. The molecule has 0 amide bonds. The number of halogens is 1. The van der Waals surface area contributed by atoms with Crippen molar-refractivity contribution in [2.75, 3.05) is 0 Å². The molecule has 1 aromatic heterocycles. The number of rotatable bonds is 4. The minimum absolute atomic E-state index is 0.0742. The monoisotopic (exact) mass is 261 g/mol. The third-order valence-electron chi connectivity index (χ3n) is 3.73. The van der Waals surface area contributed by atoms with Crippen LogP contribution in [0, 0.1) is 5.82 Å². The molecule has 4 nitrogen and oxygen atoms in total. The molecule has 1 saturated carbocycles. The Morgan fingerprint density at radius 3 is 2.58 bits per heavy atom. The molecule has 5 heteroatoms. The first-order valence-corrected chi connectivity index (χ1v) is 6.55. The van der Waals surface area contributed by atoms with E-state index in [9.17, 15) is 9.50 Å². The molecule has 0 spiro atoms. The van der Waals surface area contributed by atoms with Crippen LogP contribution in [0.1, 0.15) is 42.1 Å². The van der Waals surface area contributed by atoms with Crippen LogP contribution in [0.4, 0.5) is 4.39 Å². The van der Waals surface area contributed by atoms with Crippen molar-refractivity contribution in [2.24, 2.45) is 0 Å². The van der Waals surface area contributed by atoms with Crippen LogP contribution in [-0.4, -0.2) is 20.1 Å². The molecule has 2 aromatic rings. The quantitative estimate of drug-likeness (QED) is 0.918. The topological polar surface area (TPSA) is 50.9 Å². The van der Waals surface area contributed by atoms with Crippen LogP contribution < -0.4 is 0 Å². The van der Waals surface area contributed by atoms with Crippen LogP contribution in [0.5, 0.6) is 0 Å². The van der Waals surface area contributed by atoms with Crippen molar-refractivity contribution in [1.29, 1.82) is 0 Å². The van der Waals surface area contributed by atoms with E-state index < -0.39 is 0 Å². The van der Waals surface area contributed by atoms with Gasteiger partial charge in [0.15, 0.2) is 0 Å². The summed E-state index contributed by atoms with van der Waals surface area (Å²) < 4.78 is 14.7. The zero-order valence-corrected chi connectivity index (χ0v) is 10.6. The molecule has 0 unspecified atom stereocenters. The van der Waals surface area contributed by atoms with Crippen LogP contribution >= 0.6 is 0 Å². The Balaban J connectivity index is 1.87. The summed E-state index contributed by atoms with van der Waals surface area (Å²) in [5, 5.41) is 17.5. The summed E-state index contributed by atoms with van der Waals surface area (Å²) in [5.74, 6) is 0.218. The van der Waals surface area contributed by atoms with Gasteiger partial charge in [-0.25, -0.2) is 9.07 Å². The van der Waals surface area contributed by atoms with Gasteiger partial charge in [0.1, 0.15) is 11.5 Å². The van der Waals surface area contributed by atoms with E-state index in [0.29, 0.717) is 18.2 Å². The second kappa shape index (κ2) is 5.09. The van der Waals surface area contributed by atoms with E-state index in [1.807, 2.05) is 4.68 Å². The highest BCUT2D eigenvalue weighted by Crippen LogP contribution is 2.37. The smallest absolute Gasteiger partial charge is 0.123 e. The second-order valence-corrected chi connectivity index (χ2v) is 4.99. The van der Waals surface area contributed by atoms with Gasteiger partial charge in [-0.05, 0) is 30.5 Å². The van der Waals surface area contributed by atoms with Crippen molar-refractivity contribution in [3.05, 3.63) is 47.0 Å². The average molecular weight is 261 g/mol. The number of hydrogen-bond donors (Lipinski definition) is 1. The molecule has 19 heavy (non-hydrogen) atoms. The number of hydrogen-bond acceptors (Lipinski definition) is 3. The highest BCUT2D eigenvalue weighted by molar-refractivity contribution is 5.21. The third kappa shape index (κ3) is 2.38. The Morgan fingerprint density at radius 1 is 1.26 bits per heavy atom. The zero-order valence-electron chi connectivity index (χ0n) is 10.6. The lowest BCUT2D eigenvalue weighted by Gasteiger charge is -2.26. The van der Waals surface area contributed by atoms with Crippen molar-refractivity contribution in [1.82, 2.24) is 15.0 Å². The largest absolute Gasteiger partial charge is 0.390 e. The Labute approximate surface area is 110 Å². The molecular weight excluding hydrogens is 245 g/mol. The van der Waals surface area contributed by atoms with Crippen LogP contribution in [0.15, 0.2) is 24.3 Å². The molecule has 1 heterocycles. The number of aliphatic hydroxyl groups is 1. The van der Waals surface area contributed by atoms with Gasteiger partial charge < -0.3 is 5.11 Å². The maximum Gasteiger partial charge on any atom is 0.123 e. The van der Waals surface area contributed by atoms with Crippen molar-refractivity contribution in [3.63, 3.8) is 0 Å². The molecular formula is C14H16FN3O. The fraction of sp³-hybridized carbons (Fsp3) is 0.429. The van der Waals surface area contributed by atoms with Crippen LogP contribution in [0.3, 0.4) is 0 Å². The Kier molecular flexibility index (Phi) is 3.29. The molecule has 1 fully saturated rings. The number of aromatic nitrogens is 3. The SMILES string of the molecule is OCc1nnn(Cc2ccc(F)cc2)c1C1CCC1. The van der Waals surface area contributed by atoms with Crippen LogP contribution in [0.2, 0.25) is 0 Å². The molecule has 1 aliphatic carbocycles. The highest BCUT2D eigenvalue weighted by Gasteiger charge is 2.27. The summed E-state index contributed by atoms with van der Waals surface area (Å²) in [7, 11) is 0. The van der Waals surface area contributed by atoms with Crippen LogP contribution in [0.25, 0.3) is 0 Å². The summed E-state index contributed by atoms with van der Waals surface area (Å²) in [4.78, 5) is 0. The van der Waals surface area contributed by atoms with Crippen molar-refractivity contribution in [3.8, 4) is 0 Å². The molecule has 0 bridgehead atoms. The van der Waals surface area contributed by atoms with Gasteiger partial charge in [0.05, 0.1) is 18.8 Å². The standard InChI is InChI=1S/C14H16FN3O/c15-12-6-4-10(5-7-12)8-18-14(11-2-1-3-11)13(9-19)16-17-18/h4-7,11,19H,1-3,8-9H2. The number of benzene rings is 1. The molecule has 1 N–H and O–H groups in total.